The summed E-state index contributed by atoms with van der Waals surface area (Å²) in [5, 5.41) is 0.553. The monoisotopic (exact) mass is 276 g/mol. The second-order valence-electron chi connectivity index (χ2n) is 2.58. The summed E-state index contributed by atoms with van der Waals surface area (Å²) in [7, 11) is -0.323. The molecule has 0 amide bonds. The molecule has 0 radical (unpaired) electrons. The Balaban J connectivity index is 2.66. The van der Waals surface area contributed by atoms with E-state index in [4.69, 9.17) is 11.6 Å². The lowest BCUT2D eigenvalue weighted by molar-refractivity contribution is 1.49. The molecule has 0 fully saturated rings. The predicted molar refractivity (Wildman–Crippen MR) is 61.9 cm³/mol. The van der Waals surface area contributed by atoms with Crippen LogP contribution in [-0.2, 0) is 10.9 Å². The Labute approximate surface area is 92.4 Å². The van der Waals surface area contributed by atoms with Crippen molar-refractivity contribution >= 4 is 49.3 Å². The minimum Gasteiger partial charge on any atom is -0.206 e. The number of rotatable bonds is 0. The molecule has 1 aromatic rings. The Hall–Kier alpha value is -0.190. The molecule has 13 heavy (non-hydrogen) atoms. The summed E-state index contributed by atoms with van der Waals surface area (Å²) in [6.45, 7) is 0. The van der Waals surface area contributed by atoms with E-state index in [1.54, 1.807) is 0 Å². The Bertz CT molecular complexity index is 428. The molecule has 0 bridgehead atoms. The van der Waals surface area contributed by atoms with Crippen LogP contribution in [0.15, 0.2) is 31.4 Å². The van der Waals surface area contributed by atoms with Crippen LogP contribution in [0.2, 0.25) is 0 Å². The Morgan fingerprint density at radius 3 is 3.00 bits per heavy atom. The van der Waals surface area contributed by atoms with Gasteiger partial charge < -0.3 is 0 Å². The molecule has 1 aliphatic rings. The fraction of sp³-hybridized carbons (Fsp3) is 0.125. The highest BCUT2D eigenvalue weighted by atomic mass is 79.9. The van der Waals surface area contributed by atoms with Crippen LogP contribution in [0, 0.1) is 0 Å². The first-order valence-corrected chi connectivity index (χ1v) is 6.30. The maximum absolute atomic E-state index is 5.99. The zero-order chi connectivity index (χ0) is 9.42. The lowest BCUT2D eigenvalue weighted by Gasteiger charge is -2.09. The molecule has 2 rings (SSSR count). The van der Waals surface area contributed by atoms with E-state index >= 15 is 0 Å². The van der Waals surface area contributed by atoms with Gasteiger partial charge in [0.1, 0.15) is 5.17 Å². The lowest BCUT2D eigenvalue weighted by atomic mass is 10.2. The quantitative estimate of drug-likeness (QED) is 0.694. The number of hydrogen-bond acceptors (Lipinski definition) is 2. The third-order valence-electron chi connectivity index (χ3n) is 1.62. The maximum Gasteiger partial charge on any atom is 0.147 e. The van der Waals surface area contributed by atoms with E-state index in [2.05, 4.69) is 24.7 Å². The van der Waals surface area contributed by atoms with Gasteiger partial charge in [-0.3, -0.25) is 0 Å². The normalized spacial score (nSPS) is 20.2. The van der Waals surface area contributed by atoms with Crippen LogP contribution < -0.4 is 0 Å². The van der Waals surface area contributed by atoms with Gasteiger partial charge in [-0.15, -0.1) is 0 Å². The molecule has 0 saturated heterocycles. The molecule has 0 N–H and O–H groups in total. The number of nitrogens with zero attached hydrogens (tertiary/aromatic N) is 2. The van der Waals surface area contributed by atoms with E-state index in [1.807, 2.05) is 24.5 Å². The summed E-state index contributed by atoms with van der Waals surface area (Å²) in [6.07, 6.45) is 1.94. The summed E-state index contributed by atoms with van der Waals surface area (Å²) in [6, 6.07) is 5.83. The van der Waals surface area contributed by atoms with Crippen LogP contribution in [0.5, 0.6) is 0 Å². The molecule has 1 unspecified atom stereocenters. The molecule has 5 heteroatoms. The van der Waals surface area contributed by atoms with Crippen molar-refractivity contribution in [1.82, 2.24) is 0 Å². The number of hydrogen-bond donors (Lipinski definition) is 0. The zero-order valence-corrected chi connectivity index (χ0v) is 9.95. The average molecular weight is 278 g/mol. The highest BCUT2D eigenvalue weighted by Crippen LogP contribution is 2.29. The van der Waals surface area contributed by atoms with Gasteiger partial charge in [-0.05, 0) is 18.2 Å². The summed E-state index contributed by atoms with van der Waals surface area (Å²) >= 11 is 9.37. The molecule has 2 nitrogen and oxygen atoms in total. The maximum atomic E-state index is 5.99. The van der Waals surface area contributed by atoms with Crippen LogP contribution in [0.4, 0.5) is 5.69 Å². The summed E-state index contributed by atoms with van der Waals surface area (Å²) in [4.78, 5) is 0. The van der Waals surface area contributed by atoms with Crippen molar-refractivity contribution in [3.8, 4) is 0 Å². The standard InChI is InChI=1S/C8H6BrClN2S/c1-13-11-7-3-2-5(9)4-6(7)8(10)12-13/h2-4H,1H3. The minimum absolute atomic E-state index is 0.323. The van der Waals surface area contributed by atoms with Crippen molar-refractivity contribution < 1.29 is 0 Å². The number of halogens is 2. The first-order chi connectivity index (χ1) is 6.16. The molecular weight excluding hydrogens is 272 g/mol. The van der Waals surface area contributed by atoms with Crippen LogP contribution in [0.1, 0.15) is 5.56 Å². The molecule has 0 spiro atoms. The fourth-order valence-electron chi connectivity index (χ4n) is 1.08. The van der Waals surface area contributed by atoms with Crippen LogP contribution in [0.3, 0.4) is 0 Å². The van der Waals surface area contributed by atoms with Gasteiger partial charge in [0.15, 0.2) is 0 Å². The van der Waals surface area contributed by atoms with E-state index in [1.165, 1.54) is 0 Å². The van der Waals surface area contributed by atoms with Gasteiger partial charge in [-0.2, -0.15) is 4.40 Å². The molecule has 1 atom stereocenters. The third-order valence-corrected chi connectivity index (χ3v) is 3.41. The second-order valence-corrected chi connectivity index (χ2v) is 5.11. The van der Waals surface area contributed by atoms with Crippen LogP contribution in [-0.4, -0.2) is 11.4 Å². The van der Waals surface area contributed by atoms with Gasteiger partial charge in [0.05, 0.1) is 5.69 Å². The van der Waals surface area contributed by atoms with Crippen molar-refractivity contribution in [2.75, 3.05) is 6.26 Å². The van der Waals surface area contributed by atoms with Gasteiger partial charge >= 0.3 is 0 Å². The SMILES string of the molecule is CS1=Nc2ccc(Br)cc2C(Cl)=N1. The zero-order valence-electron chi connectivity index (χ0n) is 6.79. The average Bonchev–Trinajstić information content (AvgIpc) is 2.06. The topological polar surface area (TPSA) is 24.7 Å². The largest absolute Gasteiger partial charge is 0.206 e. The third kappa shape index (κ3) is 1.85. The van der Waals surface area contributed by atoms with E-state index in [9.17, 15) is 0 Å². The summed E-state index contributed by atoms with van der Waals surface area (Å²) in [5.74, 6) is 0. The van der Waals surface area contributed by atoms with Crippen molar-refractivity contribution in [1.29, 1.82) is 0 Å². The smallest absolute Gasteiger partial charge is 0.147 e. The van der Waals surface area contributed by atoms with Crippen molar-refractivity contribution in [3.05, 3.63) is 28.2 Å². The van der Waals surface area contributed by atoms with E-state index < -0.39 is 0 Å². The van der Waals surface area contributed by atoms with Crippen molar-refractivity contribution in [3.63, 3.8) is 0 Å². The predicted octanol–water partition coefficient (Wildman–Crippen LogP) is 3.43. The molecule has 1 aliphatic heterocycles. The highest BCUT2D eigenvalue weighted by molar-refractivity contribution is 9.10. The molecule has 1 heterocycles. The van der Waals surface area contributed by atoms with Crippen LogP contribution >= 0.6 is 27.5 Å². The Morgan fingerprint density at radius 2 is 2.23 bits per heavy atom. The molecule has 0 aliphatic carbocycles. The minimum atomic E-state index is -0.323. The Kier molecular flexibility index (Phi) is 2.53. The van der Waals surface area contributed by atoms with Crippen molar-refractivity contribution in [2.24, 2.45) is 8.76 Å². The fourth-order valence-corrected chi connectivity index (χ4v) is 2.71. The summed E-state index contributed by atoms with van der Waals surface area (Å²) in [5.41, 5.74) is 1.83. The van der Waals surface area contributed by atoms with Gasteiger partial charge in [-0.25, -0.2) is 4.36 Å². The van der Waals surface area contributed by atoms with Crippen molar-refractivity contribution in [2.45, 2.75) is 0 Å². The number of benzene rings is 1. The first-order valence-electron chi connectivity index (χ1n) is 3.59. The molecule has 1 aromatic carbocycles. The second kappa shape index (κ2) is 3.52. The molecule has 68 valence electrons. The van der Waals surface area contributed by atoms with Gasteiger partial charge in [-0.1, -0.05) is 27.5 Å². The van der Waals surface area contributed by atoms with Gasteiger partial charge in [0.25, 0.3) is 0 Å². The Morgan fingerprint density at radius 1 is 1.46 bits per heavy atom. The van der Waals surface area contributed by atoms with E-state index in [0.717, 1.165) is 15.7 Å². The van der Waals surface area contributed by atoms with Crippen LogP contribution in [0.25, 0.3) is 0 Å². The molecule has 0 aromatic heterocycles. The summed E-state index contributed by atoms with van der Waals surface area (Å²) < 4.78 is 9.55. The molecule has 0 saturated carbocycles. The van der Waals surface area contributed by atoms with E-state index in [-0.39, 0.29) is 10.9 Å². The van der Waals surface area contributed by atoms with Gasteiger partial charge in [0.2, 0.25) is 0 Å². The number of fused-ring (bicyclic) bond motifs is 1. The van der Waals surface area contributed by atoms with E-state index in [0.29, 0.717) is 5.17 Å². The molecular formula is C8H6BrClN2S. The highest BCUT2D eigenvalue weighted by Gasteiger charge is 2.11. The first kappa shape index (κ1) is 9.37. The lowest BCUT2D eigenvalue weighted by Crippen LogP contribution is -1.99. The van der Waals surface area contributed by atoms with Gasteiger partial charge in [0, 0.05) is 27.2 Å².